The van der Waals surface area contributed by atoms with Crippen molar-refractivity contribution in [3.05, 3.63) is 12.2 Å². The van der Waals surface area contributed by atoms with Gasteiger partial charge in [0.05, 0.1) is 12.2 Å². The second kappa shape index (κ2) is 3.13. The molecule has 0 aromatic heterocycles. The third-order valence-electron chi connectivity index (χ3n) is 4.03. The topological polar surface area (TPSA) is 9.23 Å². The first kappa shape index (κ1) is 8.05. The van der Waals surface area contributed by atoms with Crippen molar-refractivity contribution >= 4 is 0 Å². The van der Waals surface area contributed by atoms with Gasteiger partial charge in [-0.1, -0.05) is 44.3 Å². The van der Waals surface area contributed by atoms with Crippen molar-refractivity contribution in [1.29, 1.82) is 0 Å². The standard InChI is InChI=1S/C12H18O/c1-2-4-9(5-3-1)11-8-10-6-7-12(11)13-10/h6-7,9-12H,1-5,8H2. The van der Waals surface area contributed by atoms with E-state index in [0.717, 1.165) is 11.8 Å². The second-order valence-electron chi connectivity index (χ2n) is 4.82. The molecule has 3 rings (SSSR count). The van der Waals surface area contributed by atoms with Crippen LogP contribution in [0.3, 0.4) is 0 Å². The van der Waals surface area contributed by atoms with Gasteiger partial charge in [0.2, 0.25) is 0 Å². The Morgan fingerprint density at radius 3 is 2.46 bits per heavy atom. The van der Waals surface area contributed by atoms with E-state index in [1.807, 2.05) is 0 Å². The predicted octanol–water partition coefficient (Wildman–Crippen LogP) is 2.91. The molecule has 1 saturated carbocycles. The van der Waals surface area contributed by atoms with Crippen molar-refractivity contribution in [3.8, 4) is 0 Å². The lowest BCUT2D eigenvalue weighted by Gasteiger charge is -2.29. The van der Waals surface area contributed by atoms with E-state index < -0.39 is 0 Å². The largest absolute Gasteiger partial charge is 0.367 e. The van der Waals surface area contributed by atoms with E-state index in [1.165, 1.54) is 38.5 Å². The van der Waals surface area contributed by atoms with Crippen LogP contribution in [0.5, 0.6) is 0 Å². The van der Waals surface area contributed by atoms with E-state index in [1.54, 1.807) is 0 Å². The molecule has 3 aliphatic rings. The summed E-state index contributed by atoms with van der Waals surface area (Å²) in [5.41, 5.74) is 0. The molecular formula is C12H18O. The molecular weight excluding hydrogens is 160 g/mol. The van der Waals surface area contributed by atoms with Crippen molar-refractivity contribution in [2.45, 2.75) is 50.7 Å². The SMILES string of the molecule is C1=CC2OC1CC2C1CCCCC1. The van der Waals surface area contributed by atoms with Crippen LogP contribution in [0.1, 0.15) is 38.5 Å². The minimum absolute atomic E-state index is 0.483. The van der Waals surface area contributed by atoms with Gasteiger partial charge >= 0.3 is 0 Å². The average molecular weight is 178 g/mol. The highest BCUT2D eigenvalue weighted by molar-refractivity contribution is 5.11. The van der Waals surface area contributed by atoms with Gasteiger partial charge in [-0.15, -0.1) is 0 Å². The first-order valence-corrected chi connectivity index (χ1v) is 5.77. The van der Waals surface area contributed by atoms with Crippen molar-refractivity contribution in [3.63, 3.8) is 0 Å². The van der Waals surface area contributed by atoms with E-state index in [2.05, 4.69) is 12.2 Å². The zero-order chi connectivity index (χ0) is 8.67. The summed E-state index contributed by atoms with van der Waals surface area (Å²) in [5.74, 6) is 1.85. The average Bonchev–Trinajstić information content (AvgIpc) is 2.80. The van der Waals surface area contributed by atoms with Crippen molar-refractivity contribution in [2.75, 3.05) is 0 Å². The fraction of sp³-hybridized carbons (Fsp3) is 0.833. The molecule has 0 spiro atoms. The Kier molecular flexibility index (Phi) is 1.93. The van der Waals surface area contributed by atoms with Crippen molar-refractivity contribution in [1.82, 2.24) is 0 Å². The first-order chi connectivity index (χ1) is 6.43. The maximum atomic E-state index is 5.83. The summed E-state index contributed by atoms with van der Waals surface area (Å²) in [5, 5.41) is 0. The molecule has 1 heteroatoms. The summed E-state index contributed by atoms with van der Waals surface area (Å²) in [6.45, 7) is 0. The number of fused-ring (bicyclic) bond motifs is 2. The number of hydrogen-bond acceptors (Lipinski definition) is 1. The molecule has 2 fully saturated rings. The number of hydrogen-bond donors (Lipinski definition) is 0. The van der Waals surface area contributed by atoms with E-state index >= 15 is 0 Å². The maximum absolute atomic E-state index is 5.83. The Balaban J connectivity index is 1.68. The van der Waals surface area contributed by atoms with Gasteiger partial charge in [-0.05, 0) is 18.3 Å². The van der Waals surface area contributed by atoms with Gasteiger partial charge < -0.3 is 4.74 Å². The summed E-state index contributed by atoms with van der Waals surface area (Å²) < 4.78 is 5.83. The molecule has 1 aliphatic carbocycles. The zero-order valence-electron chi connectivity index (χ0n) is 8.11. The normalized spacial score (nSPS) is 44.5. The minimum Gasteiger partial charge on any atom is -0.367 e. The van der Waals surface area contributed by atoms with Crippen LogP contribution in [-0.2, 0) is 4.74 Å². The van der Waals surface area contributed by atoms with Crippen molar-refractivity contribution in [2.24, 2.45) is 11.8 Å². The summed E-state index contributed by atoms with van der Waals surface area (Å²) in [6, 6.07) is 0. The van der Waals surface area contributed by atoms with E-state index in [-0.39, 0.29) is 0 Å². The molecule has 0 aromatic rings. The predicted molar refractivity (Wildman–Crippen MR) is 52.5 cm³/mol. The molecule has 1 nitrogen and oxygen atoms in total. The van der Waals surface area contributed by atoms with Crippen LogP contribution in [-0.4, -0.2) is 12.2 Å². The Morgan fingerprint density at radius 1 is 1.00 bits per heavy atom. The molecule has 0 aromatic carbocycles. The molecule has 2 aliphatic heterocycles. The Labute approximate surface area is 80.2 Å². The smallest absolute Gasteiger partial charge is 0.0796 e. The highest BCUT2D eigenvalue weighted by atomic mass is 16.5. The molecule has 3 atom stereocenters. The highest BCUT2D eigenvalue weighted by Crippen LogP contribution is 2.43. The first-order valence-electron chi connectivity index (χ1n) is 5.77. The van der Waals surface area contributed by atoms with E-state index in [9.17, 15) is 0 Å². The van der Waals surface area contributed by atoms with Crippen LogP contribution < -0.4 is 0 Å². The van der Waals surface area contributed by atoms with Gasteiger partial charge in [0.25, 0.3) is 0 Å². The monoisotopic (exact) mass is 178 g/mol. The minimum atomic E-state index is 0.483. The molecule has 13 heavy (non-hydrogen) atoms. The summed E-state index contributed by atoms with van der Waals surface area (Å²) >= 11 is 0. The maximum Gasteiger partial charge on any atom is 0.0796 e. The molecule has 0 radical (unpaired) electrons. The lowest BCUT2D eigenvalue weighted by atomic mass is 9.75. The van der Waals surface area contributed by atoms with Gasteiger partial charge in [-0.25, -0.2) is 0 Å². The van der Waals surface area contributed by atoms with Crippen LogP contribution in [0, 0.1) is 11.8 Å². The molecule has 2 heterocycles. The quantitative estimate of drug-likeness (QED) is 0.561. The van der Waals surface area contributed by atoms with Gasteiger partial charge in [0.1, 0.15) is 0 Å². The highest BCUT2D eigenvalue weighted by Gasteiger charge is 2.40. The van der Waals surface area contributed by atoms with E-state index in [0.29, 0.717) is 12.2 Å². The van der Waals surface area contributed by atoms with Crippen LogP contribution in [0.2, 0.25) is 0 Å². The zero-order valence-corrected chi connectivity index (χ0v) is 8.11. The fourth-order valence-electron chi connectivity index (χ4n) is 3.33. The van der Waals surface area contributed by atoms with Crippen LogP contribution in [0.15, 0.2) is 12.2 Å². The Bertz CT molecular complexity index is 215. The molecule has 2 bridgehead atoms. The van der Waals surface area contributed by atoms with Crippen LogP contribution in [0.4, 0.5) is 0 Å². The van der Waals surface area contributed by atoms with Crippen LogP contribution >= 0.6 is 0 Å². The van der Waals surface area contributed by atoms with Crippen molar-refractivity contribution < 1.29 is 4.74 Å². The van der Waals surface area contributed by atoms with Gasteiger partial charge in [0.15, 0.2) is 0 Å². The molecule has 72 valence electrons. The van der Waals surface area contributed by atoms with E-state index in [4.69, 9.17) is 4.74 Å². The molecule has 3 unspecified atom stereocenters. The fourth-order valence-corrected chi connectivity index (χ4v) is 3.33. The van der Waals surface area contributed by atoms with Gasteiger partial charge in [-0.2, -0.15) is 0 Å². The molecule has 1 saturated heterocycles. The number of ether oxygens (including phenoxy) is 1. The number of rotatable bonds is 1. The lowest BCUT2D eigenvalue weighted by molar-refractivity contribution is 0.0918. The Hall–Kier alpha value is -0.300. The summed E-state index contributed by atoms with van der Waals surface area (Å²) in [6.07, 6.45) is 14.2. The molecule has 0 amide bonds. The van der Waals surface area contributed by atoms with Crippen LogP contribution in [0.25, 0.3) is 0 Å². The second-order valence-corrected chi connectivity index (χ2v) is 4.82. The molecule has 0 N–H and O–H groups in total. The van der Waals surface area contributed by atoms with Gasteiger partial charge in [0, 0.05) is 0 Å². The third kappa shape index (κ3) is 1.34. The Morgan fingerprint density at radius 2 is 1.85 bits per heavy atom. The third-order valence-corrected chi connectivity index (χ3v) is 4.03. The lowest BCUT2D eigenvalue weighted by Crippen LogP contribution is -2.24. The summed E-state index contributed by atoms with van der Waals surface area (Å²) in [4.78, 5) is 0. The summed E-state index contributed by atoms with van der Waals surface area (Å²) in [7, 11) is 0. The van der Waals surface area contributed by atoms with Gasteiger partial charge in [-0.3, -0.25) is 0 Å².